The minimum absolute atomic E-state index is 0.0174. The number of nitrogens with one attached hydrogen (secondary N) is 1. The highest BCUT2D eigenvalue weighted by molar-refractivity contribution is 7.89. The molecule has 35 heavy (non-hydrogen) atoms. The quantitative estimate of drug-likeness (QED) is 0.452. The van der Waals surface area contributed by atoms with Crippen LogP contribution in [0.4, 0.5) is 5.69 Å². The molecule has 0 aliphatic heterocycles. The molecule has 1 N–H and O–H groups in total. The van der Waals surface area contributed by atoms with Gasteiger partial charge in [0.25, 0.3) is 0 Å². The number of esters is 2. The van der Waals surface area contributed by atoms with E-state index in [0.717, 1.165) is 4.31 Å². The van der Waals surface area contributed by atoms with E-state index in [-0.39, 0.29) is 28.3 Å². The number of carbonyl (C=O) groups excluding carboxylic acids is 3. The summed E-state index contributed by atoms with van der Waals surface area (Å²) in [5.74, 6) is -2.11. The smallest absolute Gasteiger partial charge is 0.337 e. The van der Waals surface area contributed by atoms with Gasteiger partial charge in [0, 0.05) is 12.2 Å². The number of rotatable bonds is 9. The Morgan fingerprint density at radius 2 is 1.31 bits per heavy atom. The number of anilines is 1. The first-order valence-electron chi connectivity index (χ1n) is 10.5. The fourth-order valence-corrected chi connectivity index (χ4v) is 4.69. The number of hydrogen-bond acceptors (Lipinski definition) is 7. The molecule has 0 bridgehead atoms. The van der Waals surface area contributed by atoms with Crippen LogP contribution in [0.5, 0.6) is 0 Å². The van der Waals surface area contributed by atoms with Crippen LogP contribution in [0, 0.1) is 0 Å². The van der Waals surface area contributed by atoms with E-state index in [4.69, 9.17) is 9.47 Å². The Hall–Kier alpha value is -4.02. The zero-order valence-corrected chi connectivity index (χ0v) is 19.9. The van der Waals surface area contributed by atoms with E-state index in [1.54, 1.807) is 48.5 Å². The van der Waals surface area contributed by atoms with Gasteiger partial charge in [0.05, 0.1) is 36.8 Å². The van der Waals surface area contributed by atoms with Gasteiger partial charge in [0.15, 0.2) is 0 Å². The monoisotopic (exact) mass is 496 g/mol. The maximum atomic E-state index is 13.3. The summed E-state index contributed by atoms with van der Waals surface area (Å²) in [6.45, 7) is -0.552. The topological polar surface area (TPSA) is 119 Å². The minimum atomic E-state index is -4.01. The third-order valence-electron chi connectivity index (χ3n) is 4.96. The van der Waals surface area contributed by atoms with Gasteiger partial charge < -0.3 is 14.8 Å². The molecule has 3 aromatic carbocycles. The summed E-state index contributed by atoms with van der Waals surface area (Å²) >= 11 is 0. The lowest BCUT2D eigenvalue weighted by Gasteiger charge is -2.22. The normalized spacial score (nSPS) is 11.1. The molecule has 0 saturated carbocycles. The van der Waals surface area contributed by atoms with Crippen LogP contribution in [0.1, 0.15) is 26.3 Å². The van der Waals surface area contributed by atoms with Crippen molar-refractivity contribution in [3.05, 3.63) is 95.6 Å². The molecule has 3 aromatic rings. The van der Waals surface area contributed by atoms with E-state index in [2.05, 4.69) is 5.32 Å². The maximum Gasteiger partial charge on any atom is 0.337 e. The summed E-state index contributed by atoms with van der Waals surface area (Å²) in [5, 5.41) is 2.56. The number of sulfonamides is 1. The Labute approximate surface area is 203 Å². The van der Waals surface area contributed by atoms with Crippen molar-refractivity contribution in [1.29, 1.82) is 0 Å². The number of benzene rings is 3. The van der Waals surface area contributed by atoms with Gasteiger partial charge in [-0.2, -0.15) is 4.31 Å². The molecule has 0 fully saturated rings. The molecule has 0 aliphatic rings. The highest BCUT2D eigenvalue weighted by Crippen LogP contribution is 2.20. The first-order valence-corrected chi connectivity index (χ1v) is 11.9. The predicted octanol–water partition coefficient (Wildman–Crippen LogP) is 3.09. The average Bonchev–Trinajstić information content (AvgIpc) is 2.88. The Balaban J connectivity index is 1.90. The van der Waals surface area contributed by atoms with Gasteiger partial charge in [-0.05, 0) is 35.9 Å². The lowest BCUT2D eigenvalue weighted by Crippen LogP contribution is -2.37. The summed E-state index contributed by atoms with van der Waals surface area (Å²) < 4.78 is 37.1. The van der Waals surface area contributed by atoms with Gasteiger partial charge >= 0.3 is 11.9 Å². The second kappa shape index (κ2) is 11.4. The third-order valence-corrected chi connectivity index (χ3v) is 6.77. The molecule has 0 spiro atoms. The SMILES string of the molecule is COC(=O)c1cc(NC(=O)CN(Cc2ccccc2)S(=O)(=O)c2ccccc2)cc(C(=O)OC)c1. The standard InChI is InChI=1S/C25H24N2O7S/c1-33-24(29)19-13-20(25(30)34-2)15-21(14-19)26-23(28)17-27(16-18-9-5-3-6-10-18)35(31,32)22-11-7-4-8-12-22/h3-15H,16-17H2,1-2H3,(H,26,28). The van der Waals surface area contributed by atoms with Crippen LogP contribution in [0.15, 0.2) is 83.8 Å². The molecule has 10 heteroatoms. The van der Waals surface area contributed by atoms with Gasteiger partial charge in [-0.3, -0.25) is 4.79 Å². The Morgan fingerprint density at radius 3 is 1.83 bits per heavy atom. The van der Waals surface area contributed by atoms with E-state index in [0.29, 0.717) is 5.56 Å². The lowest BCUT2D eigenvalue weighted by molar-refractivity contribution is -0.116. The summed E-state index contributed by atoms with van der Waals surface area (Å²) in [6.07, 6.45) is 0. The van der Waals surface area contributed by atoms with Crippen LogP contribution in [0.2, 0.25) is 0 Å². The second-order valence-corrected chi connectivity index (χ2v) is 9.34. The molecule has 1 amide bonds. The van der Waals surface area contributed by atoms with Crippen molar-refractivity contribution in [3.8, 4) is 0 Å². The molecular weight excluding hydrogens is 472 g/mol. The van der Waals surface area contributed by atoms with Crippen LogP contribution < -0.4 is 5.32 Å². The highest BCUT2D eigenvalue weighted by Gasteiger charge is 2.27. The molecule has 3 rings (SSSR count). The van der Waals surface area contributed by atoms with Crippen molar-refractivity contribution in [2.45, 2.75) is 11.4 Å². The maximum absolute atomic E-state index is 13.3. The van der Waals surface area contributed by atoms with Crippen molar-refractivity contribution in [2.24, 2.45) is 0 Å². The Kier molecular flexibility index (Phi) is 8.34. The number of amides is 1. The van der Waals surface area contributed by atoms with Crippen molar-refractivity contribution < 1.29 is 32.3 Å². The summed E-state index contributed by atoms with van der Waals surface area (Å²) in [6, 6.07) is 20.6. The summed E-state index contributed by atoms with van der Waals surface area (Å²) in [5.41, 5.74) is 0.836. The third kappa shape index (κ3) is 6.52. The van der Waals surface area contributed by atoms with Crippen LogP contribution in [-0.4, -0.2) is 51.3 Å². The predicted molar refractivity (Wildman–Crippen MR) is 128 cm³/mol. The van der Waals surface area contributed by atoms with E-state index < -0.39 is 34.4 Å². The van der Waals surface area contributed by atoms with Crippen molar-refractivity contribution in [3.63, 3.8) is 0 Å². The molecule has 0 unspecified atom stereocenters. The van der Waals surface area contributed by atoms with Gasteiger partial charge in [0.2, 0.25) is 15.9 Å². The molecule has 0 heterocycles. The number of carbonyl (C=O) groups is 3. The summed E-state index contributed by atoms with van der Waals surface area (Å²) in [4.78, 5) is 37.0. The van der Waals surface area contributed by atoms with E-state index in [9.17, 15) is 22.8 Å². The van der Waals surface area contributed by atoms with Crippen molar-refractivity contribution >= 4 is 33.6 Å². The second-order valence-electron chi connectivity index (χ2n) is 7.40. The van der Waals surface area contributed by atoms with Gasteiger partial charge in [-0.25, -0.2) is 18.0 Å². The number of nitrogens with zero attached hydrogens (tertiary/aromatic N) is 1. The van der Waals surface area contributed by atoms with Crippen LogP contribution in [0.25, 0.3) is 0 Å². The minimum Gasteiger partial charge on any atom is -0.465 e. The molecule has 0 radical (unpaired) electrons. The van der Waals surface area contributed by atoms with Gasteiger partial charge in [-0.15, -0.1) is 0 Å². The van der Waals surface area contributed by atoms with Crippen molar-refractivity contribution in [2.75, 3.05) is 26.1 Å². The Bertz CT molecular complexity index is 1280. The lowest BCUT2D eigenvalue weighted by atomic mass is 10.1. The fraction of sp³-hybridized carbons (Fsp3) is 0.160. The number of hydrogen-bond donors (Lipinski definition) is 1. The van der Waals surface area contributed by atoms with Crippen LogP contribution >= 0.6 is 0 Å². The Morgan fingerprint density at radius 1 is 0.800 bits per heavy atom. The first kappa shape index (κ1) is 25.6. The molecule has 182 valence electrons. The molecule has 9 nitrogen and oxygen atoms in total. The molecule has 0 saturated heterocycles. The molecular formula is C25H24N2O7S. The van der Waals surface area contributed by atoms with Gasteiger partial charge in [0.1, 0.15) is 0 Å². The first-order chi connectivity index (χ1) is 16.7. The molecule has 0 atom stereocenters. The van der Waals surface area contributed by atoms with E-state index in [1.807, 2.05) is 0 Å². The number of ether oxygens (including phenoxy) is 2. The van der Waals surface area contributed by atoms with Crippen LogP contribution in [0.3, 0.4) is 0 Å². The average molecular weight is 497 g/mol. The number of methoxy groups -OCH3 is 2. The molecule has 0 aliphatic carbocycles. The largest absolute Gasteiger partial charge is 0.465 e. The zero-order chi connectivity index (χ0) is 25.4. The van der Waals surface area contributed by atoms with Crippen molar-refractivity contribution in [1.82, 2.24) is 4.31 Å². The highest BCUT2D eigenvalue weighted by atomic mass is 32.2. The summed E-state index contributed by atoms with van der Waals surface area (Å²) in [7, 11) is -1.65. The van der Waals surface area contributed by atoms with Gasteiger partial charge in [-0.1, -0.05) is 48.5 Å². The zero-order valence-electron chi connectivity index (χ0n) is 19.1. The van der Waals surface area contributed by atoms with E-state index >= 15 is 0 Å². The van der Waals surface area contributed by atoms with E-state index in [1.165, 1.54) is 44.6 Å². The molecule has 0 aromatic heterocycles. The van der Waals surface area contributed by atoms with Crippen LogP contribution in [-0.2, 0) is 30.8 Å². The fourth-order valence-electron chi connectivity index (χ4n) is 3.29.